The summed E-state index contributed by atoms with van der Waals surface area (Å²) < 4.78 is 13.8. The standard InChI is InChI=1S/C14H10ClFO2/c1-8-6-9(7-12(16)13(8)14(17)18)10-4-2-3-5-11(10)15/h2-7H,1H3,(H,17,18). The van der Waals surface area contributed by atoms with E-state index in [2.05, 4.69) is 0 Å². The van der Waals surface area contributed by atoms with Crippen LogP contribution in [-0.2, 0) is 0 Å². The molecule has 0 amide bonds. The fourth-order valence-electron chi connectivity index (χ4n) is 1.87. The normalized spacial score (nSPS) is 10.4. The highest BCUT2D eigenvalue weighted by Gasteiger charge is 2.16. The van der Waals surface area contributed by atoms with Gasteiger partial charge in [0.15, 0.2) is 0 Å². The molecule has 2 aromatic carbocycles. The monoisotopic (exact) mass is 264 g/mol. The molecule has 1 N–H and O–H groups in total. The lowest BCUT2D eigenvalue weighted by molar-refractivity contribution is 0.0691. The maximum atomic E-state index is 13.8. The number of carboxylic acids is 1. The zero-order valence-corrected chi connectivity index (χ0v) is 10.3. The third-order valence-electron chi connectivity index (χ3n) is 2.69. The summed E-state index contributed by atoms with van der Waals surface area (Å²) in [5, 5.41) is 9.40. The number of carboxylic acid groups (broad SMARTS) is 1. The van der Waals surface area contributed by atoms with Crippen molar-refractivity contribution in [1.82, 2.24) is 0 Å². The summed E-state index contributed by atoms with van der Waals surface area (Å²) in [5.74, 6) is -2.02. The summed E-state index contributed by atoms with van der Waals surface area (Å²) in [6.07, 6.45) is 0. The minimum absolute atomic E-state index is 0.300. The fraction of sp³-hybridized carbons (Fsp3) is 0.0714. The molecule has 0 spiro atoms. The zero-order chi connectivity index (χ0) is 13.3. The molecule has 0 aromatic heterocycles. The molecule has 4 heteroatoms. The van der Waals surface area contributed by atoms with Crippen LogP contribution in [0.5, 0.6) is 0 Å². The molecule has 0 aliphatic carbocycles. The lowest BCUT2D eigenvalue weighted by atomic mass is 9.99. The van der Waals surface area contributed by atoms with E-state index in [1.165, 1.54) is 6.07 Å². The quantitative estimate of drug-likeness (QED) is 0.885. The van der Waals surface area contributed by atoms with Crippen LogP contribution in [0.15, 0.2) is 36.4 Å². The minimum atomic E-state index is -1.27. The number of aromatic carboxylic acids is 1. The summed E-state index contributed by atoms with van der Waals surface area (Å²) >= 11 is 6.03. The SMILES string of the molecule is Cc1cc(-c2ccccc2Cl)cc(F)c1C(=O)O. The van der Waals surface area contributed by atoms with E-state index in [0.717, 1.165) is 0 Å². The molecule has 0 bridgehead atoms. The Bertz CT molecular complexity index is 600. The minimum Gasteiger partial charge on any atom is -0.478 e. The molecule has 0 heterocycles. The average molecular weight is 265 g/mol. The summed E-state index contributed by atoms with van der Waals surface area (Å²) in [5.41, 5.74) is 1.32. The number of rotatable bonds is 2. The third-order valence-corrected chi connectivity index (χ3v) is 3.02. The average Bonchev–Trinajstić information content (AvgIpc) is 2.27. The number of benzene rings is 2. The summed E-state index contributed by atoms with van der Waals surface area (Å²) in [4.78, 5) is 10.9. The van der Waals surface area contributed by atoms with E-state index >= 15 is 0 Å². The van der Waals surface area contributed by atoms with Crippen molar-refractivity contribution in [3.05, 3.63) is 58.4 Å². The maximum Gasteiger partial charge on any atom is 0.338 e. The molecular formula is C14H10ClFO2. The first kappa shape index (κ1) is 12.6. The molecule has 0 aliphatic rings. The first-order valence-corrected chi connectivity index (χ1v) is 5.67. The van der Waals surface area contributed by atoms with Crippen molar-refractivity contribution in [3.8, 4) is 11.1 Å². The lowest BCUT2D eigenvalue weighted by Crippen LogP contribution is -2.04. The van der Waals surface area contributed by atoms with Crippen LogP contribution in [0.2, 0.25) is 5.02 Å². The van der Waals surface area contributed by atoms with Gasteiger partial charge in [-0.3, -0.25) is 0 Å². The van der Waals surface area contributed by atoms with Gasteiger partial charge in [-0.05, 0) is 30.2 Å². The van der Waals surface area contributed by atoms with E-state index in [4.69, 9.17) is 16.7 Å². The first-order chi connectivity index (χ1) is 8.50. The Morgan fingerprint density at radius 2 is 1.94 bits per heavy atom. The molecule has 2 rings (SSSR count). The van der Waals surface area contributed by atoms with Crippen molar-refractivity contribution in [3.63, 3.8) is 0 Å². The Morgan fingerprint density at radius 3 is 2.50 bits per heavy atom. The molecule has 18 heavy (non-hydrogen) atoms. The number of hydrogen-bond acceptors (Lipinski definition) is 1. The molecule has 0 saturated carbocycles. The van der Waals surface area contributed by atoms with Crippen molar-refractivity contribution >= 4 is 17.6 Å². The van der Waals surface area contributed by atoms with Gasteiger partial charge in [-0.15, -0.1) is 0 Å². The number of hydrogen-bond donors (Lipinski definition) is 1. The Kier molecular flexibility index (Phi) is 3.34. The number of halogens is 2. The van der Waals surface area contributed by atoms with Gasteiger partial charge in [0.1, 0.15) is 5.82 Å². The topological polar surface area (TPSA) is 37.3 Å². The predicted molar refractivity (Wildman–Crippen MR) is 68.5 cm³/mol. The van der Waals surface area contributed by atoms with E-state index in [-0.39, 0.29) is 5.56 Å². The fourth-order valence-corrected chi connectivity index (χ4v) is 2.11. The van der Waals surface area contributed by atoms with Crippen LogP contribution >= 0.6 is 11.6 Å². The third kappa shape index (κ3) is 2.22. The van der Waals surface area contributed by atoms with Crippen LogP contribution in [-0.4, -0.2) is 11.1 Å². The zero-order valence-electron chi connectivity index (χ0n) is 9.58. The van der Waals surface area contributed by atoms with Gasteiger partial charge in [0.2, 0.25) is 0 Å². The molecular weight excluding hydrogens is 255 g/mol. The molecule has 0 aliphatic heterocycles. The highest BCUT2D eigenvalue weighted by molar-refractivity contribution is 6.33. The van der Waals surface area contributed by atoms with Gasteiger partial charge in [-0.2, -0.15) is 0 Å². The lowest BCUT2D eigenvalue weighted by Gasteiger charge is -2.08. The van der Waals surface area contributed by atoms with E-state index in [1.54, 1.807) is 37.3 Å². The Morgan fingerprint density at radius 1 is 1.28 bits per heavy atom. The summed E-state index contributed by atoms with van der Waals surface area (Å²) in [7, 11) is 0. The van der Waals surface area contributed by atoms with Crippen LogP contribution in [0.25, 0.3) is 11.1 Å². The van der Waals surface area contributed by atoms with Crippen molar-refractivity contribution in [1.29, 1.82) is 0 Å². The molecule has 2 aromatic rings. The Labute approximate surface area is 109 Å². The van der Waals surface area contributed by atoms with Crippen molar-refractivity contribution in [2.24, 2.45) is 0 Å². The molecule has 0 atom stereocenters. The van der Waals surface area contributed by atoms with Crippen LogP contribution in [0.4, 0.5) is 4.39 Å². The predicted octanol–water partition coefficient (Wildman–Crippen LogP) is 4.15. The van der Waals surface area contributed by atoms with Gasteiger partial charge in [0.25, 0.3) is 0 Å². The molecule has 0 radical (unpaired) electrons. The molecule has 0 fully saturated rings. The molecule has 2 nitrogen and oxygen atoms in total. The Hall–Kier alpha value is -1.87. The van der Waals surface area contributed by atoms with Crippen molar-refractivity contribution < 1.29 is 14.3 Å². The molecule has 0 unspecified atom stereocenters. The summed E-state index contributed by atoms with van der Waals surface area (Å²) in [6, 6.07) is 9.85. The van der Waals surface area contributed by atoms with Gasteiger partial charge in [-0.1, -0.05) is 35.9 Å². The maximum absolute atomic E-state index is 13.8. The van der Waals surface area contributed by atoms with Gasteiger partial charge >= 0.3 is 5.97 Å². The van der Waals surface area contributed by atoms with Crippen molar-refractivity contribution in [2.45, 2.75) is 6.92 Å². The highest BCUT2D eigenvalue weighted by atomic mass is 35.5. The second-order valence-corrected chi connectivity index (χ2v) is 4.34. The van der Waals surface area contributed by atoms with Crippen LogP contribution in [0.3, 0.4) is 0 Å². The van der Waals surface area contributed by atoms with Crippen molar-refractivity contribution in [2.75, 3.05) is 0 Å². The smallest absolute Gasteiger partial charge is 0.338 e. The Balaban J connectivity index is 2.62. The van der Waals surface area contributed by atoms with Gasteiger partial charge < -0.3 is 5.11 Å². The molecule has 0 saturated heterocycles. The van der Waals surface area contributed by atoms with Gasteiger partial charge in [0.05, 0.1) is 5.56 Å². The second-order valence-electron chi connectivity index (χ2n) is 3.93. The number of carbonyl (C=O) groups is 1. The summed E-state index contributed by atoms with van der Waals surface area (Å²) in [6.45, 7) is 1.56. The van der Waals surface area contributed by atoms with Crippen LogP contribution in [0, 0.1) is 12.7 Å². The van der Waals surface area contributed by atoms with Crippen LogP contribution < -0.4 is 0 Å². The van der Waals surface area contributed by atoms with Gasteiger partial charge in [-0.25, -0.2) is 9.18 Å². The van der Waals surface area contributed by atoms with E-state index < -0.39 is 11.8 Å². The molecule has 92 valence electrons. The van der Waals surface area contributed by atoms with E-state index in [9.17, 15) is 9.18 Å². The van der Waals surface area contributed by atoms with Crippen LogP contribution in [0.1, 0.15) is 15.9 Å². The highest BCUT2D eigenvalue weighted by Crippen LogP contribution is 2.30. The largest absolute Gasteiger partial charge is 0.478 e. The van der Waals surface area contributed by atoms with E-state index in [1.807, 2.05) is 0 Å². The van der Waals surface area contributed by atoms with E-state index in [0.29, 0.717) is 21.7 Å². The van der Waals surface area contributed by atoms with Gasteiger partial charge in [0, 0.05) is 10.6 Å². The second kappa shape index (κ2) is 4.78. The first-order valence-electron chi connectivity index (χ1n) is 5.29. The number of aryl methyl sites for hydroxylation is 1.